The van der Waals surface area contributed by atoms with Gasteiger partial charge in [0, 0.05) is 167 Å². The van der Waals surface area contributed by atoms with Gasteiger partial charge in [-0.05, 0) is 105 Å². The van der Waals surface area contributed by atoms with E-state index < -0.39 is 10.0 Å². The van der Waals surface area contributed by atoms with Crippen LogP contribution in [0.25, 0.3) is 55.5 Å². The fourth-order valence-electron chi connectivity index (χ4n) is 11.7. The van der Waals surface area contributed by atoms with Crippen LogP contribution >= 0.6 is 0 Å². The van der Waals surface area contributed by atoms with E-state index in [0.29, 0.717) is 44.6 Å². The van der Waals surface area contributed by atoms with Crippen molar-refractivity contribution in [1.82, 2.24) is 58.3 Å². The minimum atomic E-state index is -3.74. The summed E-state index contributed by atoms with van der Waals surface area (Å²) in [6.45, 7) is 12.6. The molecule has 21 heteroatoms. The number of piperazine rings is 2. The SMILES string of the molecule is C[C@@H]1C(=O)N(C)CCN1CCOc1ccc(-c2ccc3cc(C4=CN(C)Cc5[nH]ccc54)ccc3n2)cn1.Cc1ccc(S(=O)(=O)n2ccc3c2CN(C)C=C3c2ccc3nc(-c4ccc(OCCN5CCN(C)C(=O)[C@H]5C)nc4)ccc3c2)cc1.[K+].[OH-]. The van der Waals surface area contributed by atoms with Crippen molar-refractivity contribution in [2.75, 3.05) is 80.7 Å². The van der Waals surface area contributed by atoms with Crippen molar-refractivity contribution in [1.29, 1.82) is 0 Å². The second-order valence-electron chi connectivity index (χ2n) is 22.7. The number of aromatic amines is 1. The molecule has 0 bridgehead atoms. The van der Waals surface area contributed by atoms with Crippen molar-refractivity contribution in [3.63, 3.8) is 0 Å². The molecule has 0 unspecified atom stereocenters. The Morgan fingerprint density at radius 3 is 1.59 bits per heavy atom. The number of nitrogens with zero attached hydrogens (tertiary/aromatic N) is 11. The number of hydrogen-bond donors (Lipinski definition) is 1. The van der Waals surface area contributed by atoms with E-state index in [1.165, 1.54) is 26.4 Å². The Hall–Kier alpha value is -7.57. The average molecular weight is 1230 g/mol. The molecule has 448 valence electrons. The summed E-state index contributed by atoms with van der Waals surface area (Å²) in [5, 5.41) is 2.07. The van der Waals surface area contributed by atoms with E-state index in [4.69, 9.17) is 19.4 Å². The van der Waals surface area contributed by atoms with E-state index in [9.17, 15) is 18.0 Å². The van der Waals surface area contributed by atoms with Crippen molar-refractivity contribution in [3.05, 3.63) is 198 Å². The van der Waals surface area contributed by atoms with Crippen LogP contribution in [0.3, 0.4) is 0 Å². The van der Waals surface area contributed by atoms with Crippen LogP contribution in [0.4, 0.5) is 0 Å². The van der Waals surface area contributed by atoms with E-state index in [0.717, 1.165) is 105 Å². The van der Waals surface area contributed by atoms with Gasteiger partial charge in [-0.15, -0.1) is 0 Å². The molecule has 2 amide bonds. The third kappa shape index (κ3) is 13.4. The fraction of sp³-hybridized carbons (Fsp3) is 0.284. The predicted octanol–water partition coefficient (Wildman–Crippen LogP) is 5.85. The Kier molecular flexibility index (Phi) is 19.5. The monoisotopic (exact) mass is 1230 g/mol. The minimum Gasteiger partial charge on any atom is -0.870 e. The number of amides is 2. The first-order valence-electron chi connectivity index (χ1n) is 29.1. The molecule has 13 rings (SSSR count). The van der Waals surface area contributed by atoms with Crippen LogP contribution in [0.15, 0.2) is 163 Å². The molecule has 0 saturated carbocycles. The molecular formula is C67H71KN12O7S. The Morgan fingerprint density at radius 1 is 0.580 bits per heavy atom. The molecule has 6 aromatic heterocycles. The first-order chi connectivity index (χ1) is 41.5. The summed E-state index contributed by atoms with van der Waals surface area (Å²) in [5.74, 6) is 1.40. The second kappa shape index (κ2) is 27.0. The van der Waals surface area contributed by atoms with Crippen molar-refractivity contribution in [2.45, 2.75) is 50.8 Å². The summed E-state index contributed by atoms with van der Waals surface area (Å²) in [7, 11) is 4.00. The maximum atomic E-state index is 13.6. The Morgan fingerprint density at radius 2 is 1.08 bits per heavy atom. The van der Waals surface area contributed by atoms with E-state index in [1.807, 2.05) is 126 Å². The Bertz CT molecular complexity index is 4190. The number of fused-ring (bicyclic) bond motifs is 4. The van der Waals surface area contributed by atoms with E-state index >= 15 is 0 Å². The number of carbonyl (C=O) groups excluding carboxylic acids is 2. The molecule has 2 atom stereocenters. The molecule has 19 nitrogen and oxygen atoms in total. The minimum absolute atomic E-state index is 0. The number of aromatic nitrogens is 6. The van der Waals surface area contributed by atoms with Crippen molar-refractivity contribution < 1.29 is 84.3 Å². The van der Waals surface area contributed by atoms with Gasteiger partial charge in [0.2, 0.25) is 23.6 Å². The fourth-order valence-corrected chi connectivity index (χ4v) is 13.1. The molecule has 4 aliphatic rings. The maximum Gasteiger partial charge on any atom is 1.00 e. The van der Waals surface area contributed by atoms with E-state index in [2.05, 4.69) is 85.5 Å². The molecule has 9 aromatic rings. The zero-order chi connectivity index (χ0) is 59.8. The van der Waals surface area contributed by atoms with Gasteiger partial charge < -0.3 is 39.5 Å². The van der Waals surface area contributed by atoms with Crippen LogP contribution in [0.1, 0.15) is 53.1 Å². The van der Waals surface area contributed by atoms with Gasteiger partial charge in [0.1, 0.15) is 13.2 Å². The van der Waals surface area contributed by atoms with E-state index in [1.54, 1.807) is 40.5 Å². The Labute approximate surface area is 556 Å². The number of ether oxygens (including phenoxy) is 2. The molecule has 0 aliphatic carbocycles. The molecule has 2 fully saturated rings. The number of rotatable bonds is 14. The smallest absolute Gasteiger partial charge is 0.870 e. The van der Waals surface area contributed by atoms with Gasteiger partial charge >= 0.3 is 51.4 Å². The third-order valence-electron chi connectivity index (χ3n) is 16.8. The van der Waals surface area contributed by atoms with Crippen LogP contribution in [-0.2, 0) is 32.7 Å². The molecule has 3 aromatic carbocycles. The van der Waals surface area contributed by atoms with Crippen LogP contribution in [0, 0.1) is 6.92 Å². The zero-order valence-electron chi connectivity index (χ0n) is 51.0. The average Bonchev–Trinajstić information content (AvgIpc) is 2.51. The van der Waals surface area contributed by atoms with Crippen LogP contribution < -0.4 is 60.9 Å². The largest absolute Gasteiger partial charge is 1.00 e. The number of hydrogen-bond acceptors (Lipinski definition) is 15. The normalized spacial score (nSPS) is 17.1. The number of nitrogens with one attached hydrogen (secondary N) is 1. The van der Waals surface area contributed by atoms with Gasteiger partial charge in [0.15, 0.2) is 0 Å². The standard InChI is InChI=1S/C37H38N6O4S.C30H32N6O2.K.H2O/c1-25-5-10-30(11-6-25)48(45,46)43-16-15-31-32(23-40(3)24-35(31)43)27-7-12-33-28(21-27)8-13-34(39-33)29-9-14-36(38-22-29)47-20-19-42-18-17-41(4)37(44)26(42)2;1-20-30(37)35(3)12-13-36(20)14-15-38-29-9-6-23(17-32-29)27-8-5-22-16-21(4-7-26(22)33-27)25-18-34(2)19-28-24(25)10-11-31-28;;/h5-16,21-23,26H,17-20,24H2,1-4H3;4-11,16-18,20,31H,12-15,19H2,1-3H3;;1H2/q;;+1;/p-1/t26-;20-;;/m11../s1. The predicted molar refractivity (Wildman–Crippen MR) is 336 cm³/mol. The molecule has 0 spiro atoms. The van der Waals surface area contributed by atoms with Gasteiger partial charge in [-0.25, -0.2) is 32.3 Å². The molecule has 10 heterocycles. The van der Waals surface area contributed by atoms with Crippen molar-refractivity contribution in [2.24, 2.45) is 0 Å². The molecule has 2 N–H and O–H groups in total. The Balaban J connectivity index is 0.000000195. The van der Waals surface area contributed by atoms with Gasteiger partial charge in [0.05, 0.1) is 58.2 Å². The summed E-state index contributed by atoms with van der Waals surface area (Å²) in [5.41, 5.74) is 14.7. The summed E-state index contributed by atoms with van der Waals surface area (Å²) in [4.78, 5) is 58.9. The summed E-state index contributed by atoms with van der Waals surface area (Å²) in [6, 6.07) is 39.1. The topological polar surface area (TPSA) is 208 Å². The molecule has 2 saturated heterocycles. The second-order valence-corrected chi connectivity index (χ2v) is 24.5. The van der Waals surface area contributed by atoms with Crippen LogP contribution in [-0.4, -0.2) is 177 Å². The first-order valence-corrected chi connectivity index (χ1v) is 30.5. The quantitative estimate of drug-likeness (QED) is 0.127. The van der Waals surface area contributed by atoms with Crippen molar-refractivity contribution in [3.8, 4) is 34.3 Å². The van der Waals surface area contributed by atoms with Gasteiger partial charge in [-0.2, -0.15) is 0 Å². The number of H-pyrrole nitrogens is 1. The number of pyridine rings is 4. The van der Waals surface area contributed by atoms with Crippen LogP contribution in [0.2, 0.25) is 0 Å². The number of likely N-dealkylation sites (N-methyl/N-ethyl adjacent to an activating group) is 2. The van der Waals surface area contributed by atoms with Crippen molar-refractivity contribution >= 4 is 54.8 Å². The number of benzene rings is 3. The molecule has 0 radical (unpaired) electrons. The summed E-state index contributed by atoms with van der Waals surface area (Å²) >= 11 is 0. The first kappa shape index (κ1) is 63.4. The molecule has 4 aliphatic heterocycles. The molecule has 88 heavy (non-hydrogen) atoms. The third-order valence-corrected chi connectivity index (χ3v) is 18.5. The van der Waals surface area contributed by atoms with Gasteiger partial charge in [-0.1, -0.05) is 42.0 Å². The maximum absolute atomic E-state index is 13.6. The summed E-state index contributed by atoms with van der Waals surface area (Å²) < 4.78 is 40.4. The van der Waals surface area contributed by atoms with Gasteiger partial charge in [0.25, 0.3) is 10.0 Å². The number of carbonyl (C=O) groups is 2. The van der Waals surface area contributed by atoms with E-state index in [-0.39, 0.29) is 85.7 Å². The van der Waals surface area contributed by atoms with Crippen LogP contribution in [0.5, 0.6) is 11.8 Å². The molecular weight excluding hydrogens is 1160 g/mol. The summed E-state index contributed by atoms with van der Waals surface area (Å²) in [6.07, 6.45) is 11.5. The number of aryl methyl sites for hydroxylation is 1. The van der Waals surface area contributed by atoms with Gasteiger partial charge in [-0.3, -0.25) is 19.4 Å². The zero-order valence-corrected chi connectivity index (χ0v) is 54.9.